The molecule has 0 aliphatic carbocycles. The molecule has 3 heteroatoms. The van der Waals surface area contributed by atoms with E-state index in [-0.39, 0.29) is 5.54 Å². The molecule has 1 N–H and O–H groups in total. The molecule has 0 saturated heterocycles. The number of hydrogen-bond donors (Lipinski definition) is 1. The molecule has 0 aromatic heterocycles. The van der Waals surface area contributed by atoms with Gasteiger partial charge in [-0.25, -0.2) is 0 Å². The Hall–Kier alpha value is -1.53. The summed E-state index contributed by atoms with van der Waals surface area (Å²) in [6, 6.07) is 8.85. The van der Waals surface area contributed by atoms with Gasteiger partial charge in [-0.1, -0.05) is 0 Å². The van der Waals surface area contributed by atoms with Crippen LogP contribution in [0.5, 0.6) is 0 Å². The van der Waals surface area contributed by atoms with Crippen LogP contribution in [0.15, 0.2) is 24.3 Å². The summed E-state index contributed by atoms with van der Waals surface area (Å²) in [6.45, 7) is 5.72. The number of hydroxylamine groups is 1. The van der Waals surface area contributed by atoms with E-state index in [9.17, 15) is 5.21 Å². The van der Waals surface area contributed by atoms with Crippen molar-refractivity contribution in [2.24, 2.45) is 0 Å². The number of nitrogens with zero attached hydrogens (tertiary/aromatic N) is 2. The van der Waals surface area contributed by atoms with E-state index in [0.717, 1.165) is 0 Å². The van der Waals surface area contributed by atoms with Crippen LogP contribution in [0.25, 0.3) is 0 Å². The minimum Gasteiger partial charge on any atom is -0.288 e. The first-order valence-corrected chi connectivity index (χ1v) is 4.44. The molecule has 0 unspecified atom stereocenters. The summed E-state index contributed by atoms with van der Waals surface area (Å²) in [4.78, 5) is 0. The van der Waals surface area contributed by atoms with Crippen molar-refractivity contribution in [1.29, 1.82) is 5.26 Å². The Labute approximate surface area is 84.2 Å². The Morgan fingerprint density at radius 1 is 1.21 bits per heavy atom. The number of benzene rings is 1. The fourth-order valence-electron chi connectivity index (χ4n) is 1.06. The van der Waals surface area contributed by atoms with Gasteiger partial charge in [0.05, 0.1) is 22.9 Å². The molecule has 0 heterocycles. The lowest BCUT2D eigenvalue weighted by molar-refractivity contribution is 0.181. The Morgan fingerprint density at radius 2 is 1.71 bits per heavy atom. The van der Waals surface area contributed by atoms with Gasteiger partial charge in [0.2, 0.25) is 0 Å². The average molecular weight is 190 g/mol. The molecule has 0 bridgehead atoms. The van der Waals surface area contributed by atoms with Crippen LogP contribution in [0.2, 0.25) is 0 Å². The molecule has 1 rings (SSSR count). The quantitative estimate of drug-likeness (QED) is 0.692. The molecular weight excluding hydrogens is 176 g/mol. The first kappa shape index (κ1) is 10.6. The third-order valence-corrected chi connectivity index (χ3v) is 1.88. The van der Waals surface area contributed by atoms with E-state index in [4.69, 9.17) is 5.26 Å². The molecule has 14 heavy (non-hydrogen) atoms. The molecule has 0 aliphatic rings. The fourth-order valence-corrected chi connectivity index (χ4v) is 1.06. The number of rotatable bonds is 1. The highest BCUT2D eigenvalue weighted by atomic mass is 16.5. The number of anilines is 1. The summed E-state index contributed by atoms with van der Waals surface area (Å²) < 4.78 is 0. The van der Waals surface area contributed by atoms with Gasteiger partial charge in [0.25, 0.3) is 0 Å². The molecule has 74 valence electrons. The largest absolute Gasteiger partial charge is 0.288 e. The number of nitriles is 1. The summed E-state index contributed by atoms with van der Waals surface area (Å²) in [6.07, 6.45) is 0. The van der Waals surface area contributed by atoms with Crippen molar-refractivity contribution >= 4 is 5.69 Å². The molecule has 1 aromatic carbocycles. The summed E-state index contributed by atoms with van der Waals surface area (Å²) in [5.41, 5.74) is 0.946. The van der Waals surface area contributed by atoms with Crippen molar-refractivity contribution < 1.29 is 5.21 Å². The van der Waals surface area contributed by atoms with Crippen molar-refractivity contribution in [3.05, 3.63) is 29.8 Å². The van der Waals surface area contributed by atoms with Crippen LogP contribution in [0.3, 0.4) is 0 Å². The number of hydrogen-bond acceptors (Lipinski definition) is 3. The Kier molecular flexibility index (Phi) is 2.78. The van der Waals surface area contributed by atoms with E-state index in [1.54, 1.807) is 24.3 Å². The predicted molar refractivity (Wildman–Crippen MR) is 55.2 cm³/mol. The molecular formula is C11H14N2O. The van der Waals surface area contributed by atoms with Crippen LogP contribution in [0.4, 0.5) is 5.69 Å². The first-order chi connectivity index (χ1) is 6.45. The van der Waals surface area contributed by atoms with Crippen molar-refractivity contribution in [2.75, 3.05) is 5.06 Å². The molecule has 0 aliphatic heterocycles. The van der Waals surface area contributed by atoms with Crippen molar-refractivity contribution in [3.63, 3.8) is 0 Å². The summed E-state index contributed by atoms with van der Waals surface area (Å²) >= 11 is 0. The maximum atomic E-state index is 9.77. The second-order valence-electron chi connectivity index (χ2n) is 4.14. The van der Waals surface area contributed by atoms with Gasteiger partial charge in [-0.05, 0) is 45.0 Å². The topological polar surface area (TPSA) is 47.3 Å². The molecule has 0 radical (unpaired) electrons. The third kappa shape index (κ3) is 2.24. The smallest absolute Gasteiger partial charge is 0.0991 e. The minimum absolute atomic E-state index is 0.339. The maximum absolute atomic E-state index is 9.77. The lowest BCUT2D eigenvalue weighted by Crippen LogP contribution is -2.38. The maximum Gasteiger partial charge on any atom is 0.0991 e. The SMILES string of the molecule is CC(C)(C)N(O)c1ccc(C#N)cc1. The zero-order valence-corrected chi connectivity index (χ0v) is 8.65. The molecule has 3 nitrogen and oxygen atoms in total. The van der Waals surface area contributed by atoms with E-state index < -0.39 is 0 Å². The van der Waals surface area contributed by atoms with Gasteiger partial charge >= 0.3 is 0 Å². The van der Waals surface area contributed by atoms with Gasteiger partial charge in [-0.15, -0.1) is 0 Å². The van der Waals surface area contributed by atoms with E-state index >= 15 is 0 Å². The molecule has 1 aromatic rings. The van der Waals surface area contributed by atoms with Crippen LogP contribution < -0.4 is 5.06 Å². The van der Waals surface area contributed by atoms with Crippen LogP contribution in [-0.4, -0.2) is 10.7 Å². The average Bonchev–Trinajstić information content (AvgIpc) is 2.15. The monoisotopic (exact) mass is 190 g/mol. The van der Waals surface area contributed by atoms with Gasteiger partial charge in [0, 0.05) is 0 Å². The van der Waals surface area contributed by atoms with Crippen molar-refractivity contribution in [2.45, 2.75) is 26.3 Å². The minimum atomic E-state index is -0.339. The molecule has 0 spiro atoms. The van der Waals surface area contributed by atoms with E-state index in [2.05, 4.69) is 0 Å². The van der Waals surface area contributed by atoms with Crippen LogP contribution in [0, 0.1) is 11.3 Å². The predicted octanol–water partition coefficient (Wildman–Crippen LogP) is 2.55. The normalized spacial score (nSPS) is 10.8. The van der Waals surface area contributed by atoms with Crippen molar-refractivity contribution in [1.82, 2.24) is 0 Å². The zero-order valence-electron chi connectivity index (χ0n) is 8.65. The van der Waals surface area contributed by atoms with Gasteiger partial charge in [-0.2, -0.15) is 5.26 Å². The Morgan fingerprint density at radius 3 is 2.07 bits per heavy atom. The molecule has 0 atom stereocenters. The third-order valence-electron chi connectivity index (χ3n) is 1.88. The van der Waals surface area contributed by atoms with Gasteiger partial charge < -0.3 is 0 Å². The standard InChI is InChI=1S/C11H14N2O/c1-11(2,3)13(14)10-6-4-9(8-12)5-7-10/h4-7,14H,1-3H3. The highest BCUT2D eigenvalue weighted by molar-refractivity contribution is 5.48. The summed E-state index contributed by atoms with van der Waals surface area (Å²) in [7, 11) is 0. The molecule has 0 fully saturated rings. The summed E-state index contributed by atoms with van der Waals surface area (Å²) in [5, 5.41) is 19.6. The molecule has 0 saturated carbocycles. The zero-order chi connectivity index (χ0) is 10.8. The van der Waals surface area contributed by atoms with Gasteiger partial charge in [0.15, 0.2) is 0 Å². The Bertz CT molecular complexity index is 343. The lowest BCUT2D eigenvalue weighted by atomic mass is 10.1. The summed E-state index contributed by atoms with van der Waals surface area (Å²) in [5.74, 6) is 0. The van der Waals surface area contributed by atoms with E-state index in [1.807, 2.05) is 26.8 Å². The van der Waals surface area contributed by atoms with Crippen LogP contribution in [-0.2, 0) is 0 Å². The van der Waals surface area contributed by atoms with Crippen LogP contribution in [0.1, 0.15) is 26.3 Å². The lowest BCUT2D eigenvalue weighted by Gasteiger charge is -2.31. The highest BCUT2D eigenvalue weighted by Crippen LogP contribution is 2.21. The highest BCUT2D eigenvalue weighted by Gasteiger charge is 2.19. The fraction of sp³-hybridized carbons (Fsp3) is 0.364. The van der Waals surface area contributed by atoms with E-state index in [0.29, 0.717) is 11.3 Å². The molecule has 0 amide bonds. The van der Waals surface area contributed by atoms with E-state index in [1.165, 1.54) is 5.06 Å². The van der Waals surface area contributed by atoms with Crippen LogP contribution >= 0.6 is 0 Å². The first-order valence-electron chi connectivity index (χ1n) is 4.44. The second kappa shape index (κ2) is 3.69. The second-order valence-corrected chi connectivity index (χ2v) is 4.14. The van der Waals surface area contributed by atoms with Gasteiger partial charge in [-0.3, -0.25) is 10.3 Å². The van der Waals surface area contributed by atoms with Gasteiger partial charge in [0.1, 0.15) is 0 Å². The Balaban J connectivity index is 2.94. The van der Waals surface area contributed by atoms with Crippen molar-refractivity contribution in [3.8, 4) is 6.07 Å².